The summed E-state index contributed by atoms with van der Waals surface area (Å²) in [4.78, 5) is 7.14. The maximum Gasteiger partial charge on any atom is 0.145 e. The van der Waals surface area contributed by atoms with Gasteiger partial charge in [-0.15, -0.1) is 0 Å². The van der Waals surface area contributed by atoms with Gasteiger partial charge in [-0.3, -0.25) is 4.57 Å². The second-order valence-corrected chi connectivity index (χ2v) is 10.7. The molecule has 0 radical (unpaired) electrons. The fraction of sp³-hybridized carbons (Fsp3) is 0. The van der Waals surface area contributed by atoms with Gasteiger partial charge in [0, 0.05) is 45.3 Å². The Balaban J connectivity index is 1.20. The molecule has 0 atom stereocenters. The van der Waals surface area contributed by atoms with Gasteiger partial charge in [0.1, 0.15) is 5.65 Å². The number of rotatable bonds is 6. The summed E-state index contributed by atoms with van der Waals surface area (Å²) in [7, 11) is 0. The van der Waals surface area contributed by atoms with Crippen LogP contribution in [0.2, 0.25) is 0 Å². The molecule has 0 bridgehead atoms. The smallest absolute Gasteiger partial charge is 0.145 e. The standard InChI is InChI=1S/C39H27N5/c1-3-8-32(9-4-1)43(33-10-5-2-6-11-33)35-21-22-38-37(26-35)36-12-7-24-40-39(36)44(38)34-19-17-29(18-20-34)28-13-15-30(16-14-28)31-23-25-41-42-27-31/h1-27H. The Bertz CT molecular complexity index is 2150. The molecule has 8 rings (SSSR count). The highest BCUT2D eigenvalue weighted by Gasteiger charge is 2.17. The molecule has 0 saturated heterocycles. The number of nitrogens with zero attached hydrogens (tertiary/aromatic N) is 5. The van der Waals surface area contributed by atoms with Crippen LogP contribution < -0.4 is 4.90 Å². The number of aromatic nitrogens is 4. The average Bonchev–Trinajstić information content (AvgIpc) is 3.44. The molecule has 0 aliphatic carbocycles. The van der Waals surface area contributed by atoms with Crippen molar-refractivity contribution in [3.63, 3.8) is 0 Å². The Morgan fingerprint density at radius 3 is 1.73 bits per heavy atom. The number of hydrogen-bond acceptors (Lipinski definition) is 4. The third-order valence-electron chi connectivity index (χ3n) is 8.06. The fourth-order valence-electron chi connectivity index (χ4n) is 5.96. The molecular formula is C39H27N5. The van der Waals surface area contributed by atoms with Gasteiger partial charge in [-0.1, -0.05) is 72.8 Å². The molecule has 8 aromatic rings. The average molecular weight is 566 g/mol. The molecule has 44 heavy (non-hydrogen) atoms. The van der Waals surface area contributed by atoms with Crippen molar-refractivity contribution in [1.29, 1.82) is 0 Å². The lowest BCUT2D eigenvalue weighted by molar-refractivity contribution is 1.03. The van der Waals surface area contributed by atoms with E-state index >= 15 is 0 Å². The molecule has 0 spiro atoms. The summed E-state index contributed by atoms with van der Waals surface area (Å²) in [6.07, 6.45) is 5.37. The van der Waals surface area contributed by atoms with E-state index < -0.39 is 0 Å². The van der Waals surface area contributed by atoms with Gasteiger partial charge in [0.05, 0.1) is 17.9 Å². The highest BCUT2D eigenvalue weighted by atomic mass is 15.1. The minimum Gasteiger partial charge on any atom is -0.310 e. The Morgan fingerprint density at radius 1 is 0.455 bits per heavy atom. The molecule has 0 N–H and O–H groups in total. The number of anilines is 3. The second kappa shape index (κ2) is 11.0. The lowest BCUT2D eigenvalue weighted by Gasteiger charge is -2.25. The molecular weight excluding hydrogens is 538 g/mol. The van der Waals surface area contributed by atoms with Crippen LogP contribution in [0.1, 0.15) is 0 Å². The molecule has 0 unspecified atom stereocenters. The van der Waals surface area contributed by atoms with Crippen molar-refractivity contribution in [2.45, 2.75) is 0 Å². The first-order chi connectivity index (χ1) is 21.8. The van der Waals surface area contributed by atoms with Crippen molar-refractivity contribution in [2.75, 3.05) is 4.90 Å². The van der Waals surface area contributed by atoms with E-state index in [9.17, 15) is 0 Å². The lowest BCUT2D eigenvalue weighted by Crippen LogP contribution is -2.09. The summed E-state index contributed by atoms with van der Waals surface area (Å²) in [6, 6.07) is 51.1. The van der Waals surface area contributed by atoms with E-state index in [1.54, 1.807) is 12.4 Å². The van der Waals surface area contributed by atoms with Gasteiger partial charge in [-0.05, 0) is 89.5 Å². The van der Waals surface area contributed by atoms with Crippen LogP contribution >= 0.6 is 0 Å². The van der Waals surface area contributed by atoms with E-state index in [1.807, 2.05) is 18.3 Å². The van der Waals surface area contributed by atoms with Gasteiger partial charge in [0.15, 0.2) is 0 Å². The summed E-state index contributed by atoms with van der Waals surface area (Å²) in [5, 5.41) is 10.2. The van der Waals surface area contributed by atoms with Crippen molar-refractivity contribution in [3.8, 4) is 27.9 Å². The van der Waals surface area contributed by atoms with Gasteiger partial charge in [0.2, 0.25) is 0 Å². The first kappa shape index (κ1) is 25.6. The fourth-order valence-corrected chi connectivity index (χ4v) is 5.96. The first-order valence-electron chi connectivity index (χ1n) is 14.6. The van der Waals surface area contributed by atoms with Gasteiger partial charge < -0.3 is 4.90 Å². The molecule has 0 amide bonds. The van der Waals surface area contributed by atoms with Crippen LogP contribution in [0.25, 0.3) is 49.9 Å². The third-order valence-corrected chi connectivity index (χ3v) is 8.06. The van der Waals surface area contributed by atoms with Gasteiger partial charge in [0.25, 0.3) is 0 Å². The predicted molar refractivity (Wildman–Crippen MR) is 180 cm³/mol. The minimum atomic E-state index is 0.939. The van der Waals surface area contributed by atoms with Crippen LogP contribution in [0.5, 0.6) is 0 Å². The first-order valence-corrected chi connectivity index (χ1v) is 14.6. The van der Waals surface area contributed by atoms with Gasteiger partial charge in [-0.25, -0.2) is 4.98 Å². The van der Waals surface area contributed by atoms with E-state index in [2.05, 4.69) is 153 Å². The molecule has 5 nitrogen and oxygen atoms in total. The molecule has 5 heteroatoms. The zero-order valence-corrected chi connectivity index (χ0v) is 23.8. The Kier molecular flexibility index (Phi) is 6.39. The van der Waals surface area contributed by atoms with Crippen molar-refractivity contribution in [1.82, 2.24) is 19.7 Å². The number of benzene rings is 5. The summed E-state index contributed by atoms with van der Waals surface area (Å²) in [6.45, 7) is 0. The lowest BCUT2D eigenvalue weighted by atomic mass is 10.0. The number of pyridine rings is 1. The highest BCUT2D eigenvalue weighted by Crippen LogP contribution is 2.39. The molecule has 3 aromatic heterocycles. The molecule has 5 aromatic carbocycles. The van der Waals surface area contributed by atoms with Crippen LogP contribution in [-0.4, -0.2) is 19.7 Å². The molecule has 208 valence electrons. The summed E-state index contributed by atoms with van der Waals surface area (Å²) >= 11 is 0. The Hall–Kier alpha value is -6.07. The third kappa shape index (κ3) is 4.57. The maximum atomic E-state index is 4.84. The predicted octanol–water partition coefficient (Wildman–Crippen LogP) is 9.77. The van der Waals surface area contributed by atoms with Crippen molar-refractivity contribution >= 4 is 39.0 Å². The Labute approximate surface area is 255 Å². The van der Waals surface area contributed by atoms with Crippen molar-refractivity contribution in [2.24, 2.45) is 0 Å². The molecule has 3 heterocycles. The Morgan fingerprint density at radius 2 is 1.09 bits per heavy atom. The second-order valence-electron chi connectivity index (χ2n) is 10.7. The van der Waals surface area contributed by atoms with Crippen LogP contribution in [0, 0.1) is 0 Å². The van der Waals surface area contributed by atoms with Gasteiger partial charge in [-0.2, -0.15) is 10.2 Å². The summed E-state index contributed by atoms with van der Waals surface area (Å²) in [5.41, 5.74) is 10.9. The van der Waals surface area contributed by atoms with E-state index in [-0.39, 0.29) is 0 Å². The largest absolute Gasteiger partial charge is 0.310 e. The van der Waals surface area contributed by atoms with Crippen LogP contribution in [0.4, 0.5) is 17.1 Å². The van der Waals surface area contributed by atoms with Crippen molar-refractivity contribution in [3.05, 3.63) is 164 Å². The zero-order valence-electron chi connectivity index (χ0n) is 23.8. The molecule has 0 fully saturated rings. The summed E-state index contributed by atoms with van der Waals surface area (Å²) in [5.74, 6) is 0. The van der Waals surface area contributed by atoms with Crippen molar-refractivity contribution < 1.29 is 0 Å². The van der Waals surface area contributed by atoms with E-state index in [0.29, 0.717) is 0 Å². The van der Waals surface area contributed by atoms with E-state index in [0.717, 1.165) is 66.9 Å². The quantitative estimate of drug-likeness (QED) is 0.201. The molecule has 0 saturated carbocycles. The highest BCUT2D eigenvalue weighted by molar-refractivity contribution is 6.09. The van der Waals surface area contributed by atoms with Crippen LogP contribution in [0.15, 0.2) is 164 Å². The maximum absolute atomic E-state index is 4.84. The summed E-state index contributed by atoms with van der Waals surface area (Å²) < 4.78 is 2.26. The number of para-hydroxylation sites is 2. The van der Waals surface area contributed by atoms with Crippen LogP contribution in [-0.2, 0) is 0 Å². The van der Waals surface area contributed by atoms with Gasteiger partial charge >= 0.3 is 0 Å². The SMILES string of the molecule is c1ccc(N(c2ccccc2)c2ccc3c(c2)c2cccnc2n3-c2ccc(-c3ccc(-c4ccnnc4)cc3)cc2)cc1. The minimum absolute atomic E-state index is 0.939. The topological polar surface area (TPSA) is 46.8 Å². The van der Waals surface area contributed by atoms with E-state index in [1.165, 1.54) is 0 Å². The number of fused-ring (bicyclic) bond motifs is 3. The van der Waals surface area contributed by atoms with Crippen LogP contribution in [0.3, 0.4) is 0 Å². The van der Waals surface area contributed by atoms with E-state index in [4.69, 9.17) is 4.98 Å². The zero-order chi connectivity index (χ0) is 29.3. The monoisotopic (exact) mass is 565 g/mol. The molecule has 0 aliphatic heterocycles. The normalized spacial score (nSPS) is 11.2. The number of hydrogen-bond donors (Lipinski definition) is 0. The molecule has 0 aliphatic rings.